The van der Waals surface area contributed by atoms with Crippen molar-refractivity contribution in [2.75, 3.05) is 6.54 Å². The van der Waals surface area contributed by atoms with E-state index in [4.69, 9.17) is 0 Å². The van der Waals surface area contributed by atoms with E-state index in [1.165, 1.54) is 16.7 Å². The second kappa shape index (κ2) is 4.75. The quantitative estimate of drug-likeness (QED) is 0.814. The van der Waals surface area contributed by atoms with E-state index < -0.39 is 0 Å². The van der Waals surface area contributed by atoms with E-state index in [1.807, 2.05) is 18.2 Å². The number of nitrogens with one attached hydrogen (secondary N) is 1. The molecule has 2 aromatic rings. The Kier molecular flexibility index (Phi) is 2.95. The van der Waals surface area contributed by atoms with Gasteiger partial charge in [-0.3, -0.25) is 4.79 Å². The van der Waals surface area contributed by atoms with Crippen LogP contribution in [0.3, 0.4) is 0 Å². The number of carbonyl (C=O) groups is 1. The first-order chi connectivity index (χ1) is 8.88. The van der Waals surface area contributed by atoms with E-state index in [1.54, 1.807) is 0 Å². The fourth-order valence-electron chi connectivity index (χ4n) is 2.58. The zero-order chi connectivity index (χ0) is 12.4. The van der Waals surface area contributed by atoms with Crippen LogP contribution in [0.15, 0.2) is 42.5 Å². The van der Waals surface area contributed by atoms with E-state index in [-0.39, 0.29) is 0 Å². The molecule has 2 nitrogen and oxygen atoms in total. The molecule has 1 aliphatic heterocycles. The number of hydrogen-bond donors (Lipinski definition) is 1. The molecule has 0 saturated heterocycles. The summed E-state index contributed by atoms with van der Waals surface area (Å²) in [7, 11) is 0. The summed E-state index contributed by atoms with van der Waals surface area (Å²) in [4.78, 5) is 10.9. The first-order valence-electron chi connectivity index (χ1n) is 6.25. The van der Waals surface area contributed by atoms with Gasteiger partial charge >= 0.3 is 0 Å². The van der Waals surface area contributed by atoms with Gasteiger partial charge in [0.25, 0.3) is 0 Å². The normalized spacial score (nSPS) is 14.0. The third kappa shape index (κ3) is 1.95. The molecule has 0 atom stereocenters. The summed E-state index contributed by atoms with van der Waals surface area (Å²) in [6.07, 6.45) is 1.96. The molecule has 2 aromatic carbocycles. The highest BCUT2D eigenvalue weighted by molar-refractivity contribution is 5.80. The zero-order valence-electron chi connectivity index (χ0n) is 10.1. The summed E-state index contributed by atoms with van der Waals surface area (Å²) in [5.74, 6) is 0. The molecule has 0 radical (unpaired) electrons. The molecule has 0 spiro atoms. The summed E-state index contributed by atoms with van der Waals surface area (Å²) < 4.78 is 0. The van der Waals surface area contributed by atoms with Gasteiger partial charge in [0.05, 0.1) is 0 Å². The molecule has 2 heteroatoms. The topological polar surface area (TPSA) is 29.1 Å². The molecule has 0 aromatic heterocycles. The minimum atomic E-state index is 0.735. The SMILES string of the molecule is O=Cc1cccc(-c2cccc3c2CCNC3)c1. The molecular weight excluding hydrogens is 222 g/mol. The number of fused-ring (bicyclic) bond motifs is 1. The molecule has 1 heterocycles. The minimum absolute atomic E-state index is 0.735. The van der Waals surface area contributed by atoms with Crippen LogP contribution in [0.1, 0.15) is 21.5 Å². The summed E-state index contributed by atoms with van der Waals surface area (Å²) in [6.45, 7) is 1.97. The van der Waals surface area contributed by atoms with Crippen LogP contribution in [0.25, 0.3) is 11.1 Å². The van der Waals surface area contributed by atoms with Gasteiger partial charge in [-0.05, 0) is 41.3 Å². The fraction of sp³-hybridized carbons (Fsp3) is 0.188. The smallest absolute Gasteiger partial charge is 0.150 e. The van der Waals surface area contributed by atoms with Gasteiger partial charge in [-0.1, -0.05) is 36.4 Å². The molecule has 1 N–H and O–H groups in total. The van der Waals surface area contributed by atoms with Crippen LogP contribution in [0.2, 0.25) is 0 Å². The first-order valence-corrected chi connectivity index (χ1v) is 6.25. The van der Waals surface area contributed by atoms with E-state index in [0.717, 1.165) is 36.9 Å². The maximum Gasteiger partial charge on any atom is 0.150 e. The highest BCUT2D eigenvalue weighted by atomic mass is 16.1. The van der Waals surface area contributed by atoms with E-state index >= 15 is 0 Å². The Morgan fingerprint density at radius 2 is 2.00 bits per heavy atom. The molecule has 0 bridgehead atoms. The van der Waals surface area contributed by atoms with Crippen LogP contribution in [-0.4, -0.2) is 12.8 Å². The third-order valence-electron chi connectivity index (χ3n) is 3.47. The van der Waals surface area contributed by atoms with Crippen molar-refractivity contribution in [1.82, 2.24) is 5.32 Å². The lowest BCUT2D eigenvalue weighted by Gasteiger charge is -2.20. The highest BCUT2D eigenvalue weighted by Crippen LogP contribution is 2.28. The van der Waals surface area contributed by atoms with Crippen LogP contribution < -0.4 is 5.32 Å². The van der Waals surface area contributed by atoms with Gasteiger partial charge in [-0.2, -0.15) is 0 Å². The highest BCUT2D eigenvalue weighted by Gasteiger charge is 2.13. The van der Waals surface area contributed by atoms with Crippen molar-refractivity contribution in [3.63, 3.8) is 0 Å². The van der Waals surface area contributed by atoms with Crippen LogP contribution in [0.5, 0.6) is 0 Å². The molecule has 90 valence electrons. The minimum Gasteiger partial charge on any atom is -0.312 e. The Balaban J connectivity index is 2.13. The van der Waals surface area contributed by atoms with Gasteiger partial charge in [0.15, 0.2) is 0 Å². The van der Waals surface area contributed by atoms with E-state index in [0.29, 0.717) is 0 Å². The van der Waals surface area contributed by atoms with Crippen molar-refractivity contribution < 1.29 is 4.79 Å². The maximum atomic E-state index is 10.9. The summed E-state index contributed by atoms with van der Waals surface area (Å²) in [5, 5.41) is 3.39. The van der Waals surface area contributed by atoms with Crippen molar-refractivity contribution in [1.29, 1.82) is 0 Å². The predicted molar refractivity (Wildman–Crippen MR) is 72.7 cm³/mol. The van der Waals surface area contributed by atoms with E-state index in [9.17, 15) is 4.79 Å². The van der Waals surface area contributed by atoms with Gasteiger partial charge in [0.2, 0.25) is 0 Å². The molecular formula is C16H15NO. The predicted octanol–water partition coefficient (Wildman–Crippen LogP) is 2.81. The molecule has 0 unspecified atom stereocenters. The second-order valence-corrected chi connectivity index (χ2v) is 4.61. The number of benzene rings is 2. The van der Waals surface area contributed by atoms with Crippen molar-refractivity contribution in [2.45, 2.75) is 13.0 Å². The zero-order valence-corrected chi connectivity index (χ0v) is 10.1. The molecule has 0 saturated carbocycles. The van der Waals surface area contributed by atoms with Crippen molar-refractivity contribution in [2.24, 2.45) is 0 Å². The van der Waals surface area contributed by atoms with Crippen molar-refractivity contribution in [3.05, 3.63) is 59.2 Å². The van der Waals surface area contributed by atoms with Gasteiger partial charge < -0.3 is 5.32 Å². The van der Waals surface area contributed by atoms with Gasteiger partial charge in [0.1, 0.15) is 6.29 Å². The summed E-state index contributed by atoms with van der Waals surface area (Å²) in [6, 6.07) is 14.2. The lowest BCUT2D eigenvalue weighted by Crippen LogP contribution is -2.24. The second-order valence-electron chi connectivity index (χ2n) is 4.61. The lowest BCUT2D eigenvalue weighted by atomic mass is 9.91. The summed E-state index contributed by atoms with van der Waals surface area (Å²) in [5.41, 5.74) is 5.92. The number of aldehydes is 1. The molecule has 0 fully saturated rings. The van der Waals surface area contributed by atoms with Gasteiger partial charge in [-0.15, -0.1) is 0 Å². The average Bonchev–Trinajstić information content (AvgIpc) is 2.47. The third-order valence-corrected chi connectivity index (χ3v) is 3.47. The molecule has 0 amide bonds. The van der Waals surface area contributed by atoms with Crippen molar-refractivity contribution >= 4 is 6.29 Å². The molecule has 0 aliphatic carbocycles. The Bertz CT molecular complexity index is 589. The van der Waals surface area contributed by atoms with Crippen LogP contribution in [0, 0.1) is 0 Å². The Hall–Kier alpha value is -1.93. The van der Waals surface area contributed by atoms with Gasteiger partial charge in [0, 0.05) is 12.1 Å². The number of carbonyl (C=O) groups excluding carboxylic acids is 1. The fourth-order valence-corrected chi connectivity index (χ4v) is 2.58. The average molecular weight is 237 g/mol. The Morgan fingerprint density at radius 3 is 2.89 bits per heavy atom. The lowest BCUT2D eigenvalue weighted by molar-refractivity contribution is 0.112. The standard InChI is InChI=1S/C16H15NO/c18-11-12-3-1-4-13(9-12)15-6-2-5-14-10-17-8-7-16(14)15/h1-6,9,11,17H,7-8,10H2. The maximum absolute atomic E-state index is 10.9. The van der Waals surface area contributed by atoms with Crippen LogP contribution in [0.4, 0.5) is 0 Å². The summed E-state index contributed by atoms with van der Waals surface area (Å²) >= 11 is 0. The van der Waals surface area contributed by atoms with Crippen LogP contribution in [-0.2, 0) is 13.0 Å². The van der Waals surface area contributed by atoms with Crippen molar-refractivity contribution in [3.8, 4) is 11.1 Å². The van der Waals surface area contributed by atoms with E-state index in [2.05, 4.69) is 29.6 Å². The molecule has 1 aliphatic rings. The number of hydrogen-bond acceptors (Lipinski definition) is 2. The molecule has 18 heavy (non-hydrogen) atoms. The Labute approximate surface area is 107 Å². The van der Waals surface area contributed by atoms with Crippen LogP contribution >= 0.6 is 0 Å². The van der Waals surface area contributed by atoms with Gasteiger partial charge in [-0.25, -0.2) is 0 Å². The Morgan fingerprint density at radius 1 is 1.11 bits per heavy atom. The first kappa shape index (κ1) is 11.2. The monoisotopic (exact) mass is 237 g/mol. The largest absolute Gasteiger partial charge is 0.312 e. The molecule has 3 rings (SSSR count). The number of rotatable bonds is 2.